The summed E-state index contributed by atoms with van der Waals surface area (Å²) in [6, 6.07) is 59.8. The fourth-order valence-electron chi connectivity index (χ4n) is 7.42. The van der Waals surface area contributed by atoms with Gasteiger partial charge in [0.1, 0.15) is 0 Å². The van der Waals surface area contributed by atoms with Gasteiger partial charge in [0.15, 0.2) is 5.84 Å². The van der Waals surface area contributed by atoms with Crippen LogP contribution in [0.5, 0.6) is 0 Å². The van der Waals surface area contributed by atoms with Crippen LogP contribution in [0.15, 0.2) is 199 Å². The molecular formula is C50H35N3. The average Bonchev–Trinajstić information content (AvgIpc) is 3.23. The van der Waals surface area contributed by atoms with E-state index in [9.17, 15) is 0 Å². The zero-order chi connectivity index (χ0) is 35.7. The summed E-state index contributed by atoms with van der Waals surface area (Å²) in [6.45, 7) is 6.53. The van der Waals surface area contributed by atoms with Crippen LogP contribution in [0.2, 0.25) is 0 Å². The number of rotatable bonds is 6. The number of pyridine rings is 1. The van der Waals surface area contributed by atoms with E-state index >= 15 is 0 Å². The lowest BCUT2D eigenvalue weighted by molar-refractivity contribution is 1.33. The maximum absolute atomic E-state index is 5.31. The Bertz CT molecular complexity index is 2880. The maximum atomic E-state index is 5.31. The molecule has 0 aliphatic carbocycles. The second-order valence-corrected chi connectivity index (χ2v) is 13.4. The van der Waals surface area contributed by atoms with Gasteiger partial charge in [0.05, 0.1) is 5.70 Å². The molecule has 8 aromatic carbocycles. The first-order chi connectivity index (χ1) is 26.1. The largest absolute Gasteiger partial charge is 0.264 e. The van der Waals surface area contributed by atoms with Gasteiger partial charge in [-0.3, -0.25) is 4.98 Å². The lowest BCUT2D eigenvalue weighted by atomic mass is 9.93. The molecule has 0 bridgehead atoms. The number of fused-ring (bicyclic) bond motifs is 7. The number of amidine groups is 1. The van der Waals surface area contributed by atoms with Crippen molar-refractivity contribution >= 4 is 60.3 Å². The Morgan fingerprint density at radius 2 is 1.04 bits per heavy atom. The van der Waals surface area contributed by atoms with Crippen molar-refractivity contribution in [3.05, 3.63) is 206 Å². The highest BCUT2D eigenvalue weighted by Crippen LogP contribution is 2.36. The van der Waals surface area contributed by atoms with Crippen molar-refractivity contribution in [1.29, 1.82) is 0 Å². The second-order valence-electron chi connectivity index (χ2n) is 13.4. The van der Waals surface area contributed by atoms with Gasteiger partial charge in [0, 0.05) is 34.8 Å². The molecule has 9 aromatic rings. The number of benzene rings is 8. The predicted molar refractivity (Wildman–Crippen MR) is 226 cm³/mol. The molecule has 1 heterocycles. The summed E-state index contributed by atoms with van der Waals surface area (Å²) in [4.78, 5) is 14.8. The van der Waals surface area contributed by atoms with E-state index in [1.54, 1.807) is 6.20 Å². The molecule has 9 rings (SSSR count). The van der Waals surface area contributed by atoms with Crippen LogP contribution in [0.4, 0.5) is 0 Å². The molecule has 0 saturated heterocycles. The Labute approximate surface area is 309 Å². The Kier molecular flexibility index (Phi) is 8.22. The first-order valence-electron chi connectivity index (χ1n) is 17.9. The van der Waals surface area contributed by atoms with Gasteiger partial charge in [0.2, 0.25) is 0 Å². The molecule has 53 heavy (non-hydrogen) atoms. The Morgan fingerprint density at radius 1 is 0.453 bits per heavy atom. The van der Waals surface area contributed by atoms with E-state index in [4.69, 9.17) is 9.98 Å². The SMILES string of the molecule is C=C(/N=C(\N=C(/C)c1cccc(-c2cccc3ccccc23)c1)c1ccc2c3ccccc3c3ccccc3c2c1)c1cccc(-c2cccnc2)c1. The van der Waals surface area contributed by atoms with Crippen LogP contribution >= 0.6 is 0 Å². The Hall–Kier alpha value is -6.97. The zero-order valence-corrected chi connectivity index (χ0v) is 29.4. The molecule has 0 amide bonds. The summed E-state index contributed by atoms with van der Waals surface area (Å²) < 4.78 is 0. The average molecular weight is 678 g/mol. The summed E-state index contributed by atoms with van der Waals surface area (Å²) >= 11 is 0. The molecule has 1 aromatic heterocycles. The van der Waals surface area contributed by atoms with Crippen LogP contribution in [0.1, 0.15) is 23.6 Å². The van der Waals surface area contributed by atoms with Gasteiger partial charge in [0.25, 0.3) is 0 Å². The molecule has 3 nitrogen and oxygen atoms in total. The summed E-state index contributed by atoms with van der Waals surface area (Å²) in [7, 11) is 0. The van der Waals surface area contributed by atoms with E-state index in [1.165, 1.54) is 48.7 Å². The van der Waals surface area contributed by atoms with Crippen molar-refractivity contribution < 1.29 is 0 Å². The van der Waals surface area contributed by atoms with Crippen molar-refractivity contribution in [2.75, 3.05) is 0 Å². The smallest absolute Gasteiger partial charge is 0.160 e. The summed E-state index contributed by atoms with van der Waals surface area (Å²) in [5, 5.41) is 9.73. The molecule has 0 unspecified atom stereocenters. The van der Waals surface area contributed by atoms with Crippen molar-refractivity contribution in [1.82, 2.24) is 4.98 Å². The van der Waals surface area contributed by atoms with Crippen LogP contribution in [0.25, 0.3) is 71.0 Å². The summed E-state index contributed by atoms with van der Waals surface area (Å²) in [5.41, 5.74) is 8.82. The van der Waals surface area contributed by atoms with Gasteiger partial charge in [-0.25, -0.2) is 9.98 Å². The van der Waals surface area contributed by atoms with Crippen LogP contribution < -0.4 is 0 Å². The molecule has 0 aliphatic rings. The van der Waals surface area contributed by atoms with E-state index in [-0.39, 0.29) is 0 Å². The Balaban J connectivity index is 1.20. The van der Waals surface area contributed by atoms with Crippen LogP contribution in [0, 0.1) is 0 Å². The van der Waals surface area contributed by atoms with E-state index in [0.717, 1.165) is 39.1 Å². The molecule has 0 atom stereocenters. The molecule has 0 radical (unpaired) electrons. The van der Waals surface area contributed by atoms with E-state index in [0.29, 0.717) is 11.5 Å². The minimum Gasteiger partial charge on any atom is -0.264 e. The first kappa shape index (κ1) is 32.0. The number of aromatic nitrogens is 1. The zero-order valence-electron chi connectivity index (χ0n) is 29.4. The molecule has 0 N–H and O–H groups in total. The van der Waals surface area contributed by atoms with E-state index < -0.39 is 0 Å². The highest BCUT2D eigenvalue weighted by atomic mass is 14.9. The third-order valence-electron chi connectivity index (χ3n) is 10.1. The Morgan fingerprint density at radius 3 is 1.77 bits per heavy atom. The predicted octanol–water partition coefficient (Wildman–Crippen LogP) is 13.0. The molecule has 0 aliphatic heterocycles. The molecule has 250 valence electrons. The third-order valence-corrected chi connectivity index (χ3v) is 10.1. The topological polar surface area (TPSA) is 37.6 Å². The maximum Gasteiger partial charge on any atom is 0.160 e. The van der Waals surface area contributed by atoms with Crippen LogP contribution in [0.3, 0.4) is 0 Å². The number of nitrogens with zero attached hydrogens (tertiary/aromatic N) is 3. The second kappa shape index (κ2) is 13.6. The first-order valence-corrected chi connectivity index (χ1v) is 17.9. The number of aliphatic imine (C=N–C) groups is 2. The van der Waals surface area contributed by atoms with Gasteiger partial charge < -0.3 is 0 Å². The fraction of sp³-hybridized carbons (Fsp3) is 0.0200. The highest BCUT2D eigenvalue weighted by Gasteiger charge is 2.14. The standard InChI is InChI=1S/C50H35N3/c1-33(36-15-9-17-38(29-36)41-19-12-28-51-32-41)52-50(40-26-27-48-46-23-6-5-21-44(46)45-22-7-8-24-47(45)49(48)31-40)53-34(2)37-16-10-18-39(30-37)43-25-11-14-35-13-3-4-20-42(35)43/h3-32H,1H2,2H3/b52-50-,53-34+. The summed E-state index contributed by atoms with van der Waals surface area (Å²) in [6.07, 6.45) is 3.66. The number of hydrogen-bond acceptors (Lipinski definition) is 2. The molecule has 3 heteroatoms. The highest BCUT2D eigenvalue weighted by molar-refractivity contribution is 6.26. The molecule has 0 saturated carbocycles. The normalized spacial score (nSPS) is 12.2. The van der Waals surface area contributed by atoms with Crippen molar-refractivity contribution in [2.45, 2.75) is 6.92 Å². The minimum absolute atomic E-state index is 0.606. The van der Waals surface area contributed by atoms with E-state index in [2.05, 4.69) is 170 Å². The third kappa shape index (κ3) is 6.09. The monoisotopic (exact) mass is 677 g/mol. The van der Waals surface area contributed by atoms with Crippen LogP contribution in [-0.4, -0.2) is 16.5 Å². The van der Waals surface area contributed by atoms with Gasteiger partial charge in [-0.15, -0.1) is 0 Å². The minimum atomic E-state index is 0.606. The van der Waals surface area contributed by atoms with Gasteiger partial charge >= 0.3 is 0 Å². The van der Waals surface area contributed by atoms with Crippen molar-refractivity contribution in [2.24, 2.45) is 9.98 Å². The van der Waals surface area contributed by atoms with Gasteiger partial charge in [-0.05, 0) is 96.5 Å². The van der Waals surface area contributed by atoms with Crippen LogP contribution in [-0.2, 0) is 0 Å². The molecule has 0 spiro atoms. The number of hydrogen-bond donors (Lipinski definition) is 0. The van der Waals surface area contributed by atoms with Gasteiger partial charge in [-0.1, -0.05) is 152 Å². The van der Waals surface area contributed by atoms with Gasteiger partial charge in [-0.2, -0.15) is 0 Å². The lowest BCUT2D eigenvalue weighted by Gasteiger charge is -2.13. The molecule has 0 fully saturated rings. The quantitative estimate of drug-likeness (QED) is 0.0980. The van der Waals surface area contributed by atoms with E-state index in [1.807, 2.05) is 24.4 Å². The fourth-order valence-corrected chi connectivity index (χ4v) is 7.42. The van der Waals surface area contributed by atoms with Crippen molar-refractivity contribution in [3.63, 3.8) is 0 Å². The summed E-state index contributed by atoms with van der Waals surface area (Å²) in [5.74, 6) is 0.606. The lowest BCUT2D eigenvalue weighted by Crippen LogP contribution is -2.05. The van der Waals surface area contributed by atoms with Crippen molar-refractivity contribution in [3.8, 4) is 22.3 Å². The molecular weight excluding hydrogens is 643 g/mol.